The van der Waals surface area contributed by atoms with Crippen LogP contribution in [0, 0.1) is 0 Å². The Labute approximate surface area is 97.6 Å². The number of hydrogen-bond donors (Lipinski definition) is 1. The number of fused-ring (bicyclic) bond motifs is 1. The zero-order valence-electron chi connectivity index (χ0n) is 9.34. The maximum atomic E-state index is 11.5. The van der Waals surface area contributed by atoms with Gasteiger partial charge in [-0.1, -0.05) is 30.3 Å². The number of benzene rings is 1. The standard InChI is InChI=1S/C13H11N3O/c1-16-11-8-7-10(9-5-3-2-4-6-9)14-12(11)15-13(16)17/h2-8H,1H3,(H,14,15,17). The van der Waals surface area contributed by atoms with E-state index in [1.165, 1.54) is 0 Å². The summed E-state index contributed by atoms with van der Waals surface area (Å²) in [6.45, 7) is 0. The molecule has 0 saturated heterocycles. The lowest BCUT2D eigenvalue weighted by atomic mass is 10.1. The third-order valence-electron chi connectivity index (χ3n) is 2.83. The van der Waals surface area contributed by atoms with Crippen LogP contribution in [0.15, 0.2) is 47.3 Å². The van der Waals surface area contributed by atoms with Crippen LogP contribution in [0.2, 0.25) is 0 Å². The molecule has 2 aromatic heterocycles. The van der Waals surface area contributed by atoms with Crippen LogP contribution in [0.1, 0.15) is 0 Å². The van der Waals surface area contributed by atoms with Gasteiger partial charge < -0.3 is 0 Å². The molecular formula is C13H11N3O. The van der Waals surface area contributed by atoms with Crippen LogP contribution in [0.5, 0.6) is 0 Å². The Kier molecular flexibility index (Phi) is 2.08. The Morgan fingerprint density at radius 3 is 2.65 bits per heavy atom. The van der Waals surface area contributed by atoms with E-state index in [4.69, 9.17) is 0 Å². The first-order chi connectivity index (χ1) is 8.25. The van der Waals surface area contributed by atoms with Crippen molar-refractivity contribution in [3.63, 3.8) is 0 Å². The molecule has 1 N–H and O–H groups in total. The van der Waals surface area contributed by atoms with Gasteiger partial charge in [0.15, 0.2) is 5.65 Å². The van der Waals surface area contributed by atoms with Gasteiger partial charge in [0, 0.05) is 12.6 Å². The molecule has 0 saturated carbocycles. The molecule has 0 aliphatic heterocycles. The Morgan fingerprint density at radius 1 is 1.12 bits per heavy atom. The SMILES string of the molecule is Cn1c(=O)[nH]c2nc(-c3ccccc3)ccc21. The molecular weight excluding hydrogens is 214 g/mol. The predicted molar refractivity (Wildman–Crippen MR) is 66.8 cm³/mol. The lowest BCUT2D eigenvalue weighted by Gasteiger charge is -2.00. The molecule has 17 heavy (non-hydrogen) atoms. The van der Waals surface area contributed by atoms with Crippen molar-refractivity contribution in [2.45, 2.75) is 0 Å². The van der Waals surface area contributed by atoms with Gasteiger partial charge in [-0.3, -0.25) is 9.55 Å². The number of nitrogens with one attached hydrogen (secondary N) is 1. The van der Waals surface area contributed by atoms with Gasteiger partial charge in [-0.25, -0.2) is 9.78 Å². The average molecular weight is 225 g/mol. The van der Waals surface area contributed by atoms with E-state index in [9.17, 15) is 4.79 Å². The van der Waals surface area contributed by atoms with E-state index >= 15 is 0 Å². The van der Waals surface area contributed by atoms with Crippen LogP contribution in [-0.2, 0) is 7.05 Å². The summed E-state index contributed by atoms with van der Waals surface area (Å²) >= 11 is 0. The van der Waals surface area contributed by atoms with Gasteiger partial charge in [0.05, 0.1) is 11.2 Å². The number of imidazole rings is 1. The second-order valence-electron chi connectivity index (χ2n) is 3.92. The van der Waals surface area contributed by atoms with E-state index in [0.29, 0.717) is 5.65 Å². The molecule has 3 aromatic rings. The van der Waals surface area contributed by atoms with Gasteiger partial charge in [-0.05, 0) is 12.1 Å². The van der Waals surface area contributed by atoms with E-state index in [2.05, 4.69) is 9.97 Å². The van der Waals surface area contributed by atoms with Crippen LogP contribution in [0.25, 0.3) is 22.4 Å². The van der Waals surface area contributed by atoms with Crippen LogP contribution >= 0.6 is 0 Å². The number of pyridine rings is 1. The zero-order chi connectivity index (χ0) is 11.8. The van der Waals surface area contributed by atoms with Crippen LogP contribution in [-0.4, -0.2) is 14.5 Å². The second kappa shape index (κ2) is 3.59. The molecule has 1 aromatic carbocycles. The molecule has 2 heterocycles. The number of aromatic amines is 1. The number of hydrogen-bond acceptors (Lipinski definition) is 2. The summed E-state index contributed by atoms with van der Waals surface area (Å²) in [6, 6.07) is 13.7. The average Bonchev–Trinajstić information content (AvgIpc) is 2.66. The molecule has 0 spiro atoms. The first-order valence-electron chi connectivity index (χ1n) is 5.37. The number of nitrogens with zero attached hydrogens (tertiary/aromatic N) is 2. The lowest BCUT2D eigenvalue weighted by molar-refractivity contribution is 0.891. The highest BCUT2D eigenvalue weighted by molar-refractivity contribution is 5.75. The maximum Gasteiger partial charge on any atom is 0.327 e. The van der Waals surface area contributed by atoms with Crippen molar-refractivity contribution in [2.24, 2.45) is 7.05 Å². The van der Waals surface area contributed by atoms with Crippen molar-refractivity contribution in [3.8, 4) is 11.3 Å². The molecule has 0 bridgehead atoms. The summed E-state index contributed by atoms with van der Waals surface area (Å²) in [4.78, 5) is 18.6. The molecule has 0 unspecified atom stereocenters. The minimum atomic E-state index is -0.141. The Morgan fingerprint density at radius 2 is 1.88 bits per heavy atom. The van der Waals surface area contributed by atoms with E-state index in [0.717, 1.165) is 16.8 Å². The van der Waals surface area contributed by atoms with Gasteiger partial charge in [-0.2, -0.15) is 0 Å². The summed E-state index contributed by atoms with van der Waals surface area (Å²) < 4.78 is 1.55. The van der Waals surface area contributed by atoms with Crippen molar-refractivity contribution in [1.29, 1.82) is 0 Å². The first kappa shape index (κ1) is 9.84. The van der Waals surface area contributed by atoms with E-state index in [-0.39, 0.29) is 5.69 Å². The van der Waals surface area contributed by atoms with Crippen molar-refractivity contribution in [3.05, 3.63) is 52.9 Å². The molecule has 0 aliphatic rings. The summed E-state index contributed by atoms with van der Waals surface area (Å²) in [5.41, 5.74) is 3.20. The number of aromatic nitrogens is 3. The fraction of sp³-hybridized carbons (Fsp3) is 0.0769. The number of H-pyrrole nitrogens is 1. The summed E-state index contributed by atoms with van der Waals surface area (Å²) in [7, 11) is 1.73. The molecule has 0 radical (unpaired) electrons. The fourth-order valence-electron chi connectivity index (χ4n) is 1.88. The quantitative estimate of drug-likeness (QED) is 0.688. The maximum absolute atomic E-state index is 11.5. The van der Waals surface area contributed by atoms with Crippen LogP contribution in [0.3, 0.4) is 0 Å². The van der Waals surface area contributed by atoms with Crippen molar-refractivity contribution in [1.82, 2.24) is 14.5 Å². The molecule has 0 atom stereocenters. The monoisotopic (exact) mass is 225 g/mol. The smallest absolute Gasteiger partial charge is 0.294 e. The topological polar surface area (TPSA) is 50.7 Å². The minimum Gasteiger partial charge on any atom is -0.294 e. The zero-order valence-corrected chi connectivity index (χ0v) is 9.34. The Hall–Kier alpha value is -2.36. The van der Waals surface area contributed by atoms with Gasteiger partial charge in [-0.15, -0.1) is 0 Å². The summed E-state index contributed by atoms with van der Waals surface area (Å²) in [5.74, 6) is 0. The van der Waals surface area contributed by atoms with Gasteiger partial charge in [0.1, 0.15) is 0 Å². The van der Waals surface area contributed by atoms with E-state index in [1.807, 2.05) is 42.5 Å². The Bertz CT molecular complexity index is 725. The summed E-state index contributed by atoms with van der Waals surface area (Å²) in [6.07, 6.45) is 0. The lowest BCUT2D eigenvalue weighted by Crippen LogP contribution is -2.11. The second-order valence-corrected chi connectivity index (χ2v) is 3.92. The van der Waals surface area contributed by atoms with Gasteiger partial charge >= 0.3 is 5.69 Å². The van der Waals surface area contributed by atoms with E-state index in [1.54, 1.807) is 11.6 Å². The van der Waals surface area contributed by atoms with E-state index < -0.39 is 0 Å². The Balaban J connectivity index is 2.24. The third-order valence-corrected chi connectivity index (χ3v) is 2.83. The van der Waals surface area contributed by atoms with Crippen molar-refractivity contribution >= 4 is 11.2 Å². The molecule has 0 aliphatic carbocycles. The number of rotatable bonds is 1. The molecule has 3 rings (SSSR count). The first-order valence-corrected chi connectivity index (χ1v) is 5.37. The largest absolute Gasteiger partial charge is 0.327 e. The minimum absolute atomic E-state index is 0.141. The molecule has 4 nitrogen and oxygen atoms in total. The van der Waals surface area contributed by atoms with Crippen LogP contribution in [0.4, 0.5) is 0 Å². The van der Waals surface area contributed by atoms with Gasteiger partial charge in [0.25, 0.3) is 0 Å². The molecule has 84 valence electrons. The summed E-state index contributed by atoms with van der Waals surface area (Å²) in [5, 5.41) is 0. The van der Waals surface area contributed by atoms with Crippen LogP contribution < -0.4 is 5.69 Å². The highest BCUT2D eigenvalue weighted by atomic mass is 16.1. The van der Waals surface area contributed by atoms with Crippen molar-refractivity contribution in [2.75, 3.05) is 0 Å². The van der Waals surface area contributed by atoms with Gasteiger partial charge in [0.2, 0.25) is 0 Å². The number of aryl methyl sites for hydroxylation is 1. The normalized spacial score (nSPS) is 10.9. The highest BCUT2D eigenvalue weighted by Gasteiger charge is 2.06. The van der Waals surface area contributed by atoms with Crippen molar-refractivity contribution < 1.29 is 0 Å². The third kappa shape index (κ3) is 1.54. The highest BCUT2D eigenvalue weighted by Crippen LogP contribution is 2.18. The predicted octanol–water partition coefficient (Wildman–Crippen LogP) is 1.93. The fourth-order valence-corrected chi connectivity index (χ4v) is 1.88. The molecule has 0 amide bonds. The molecule has 0 fully saturated rings. The molecule has 4 heteroatoms.